The first-order valence-electron chi connectivity index (χ1n) is 12.6. The molecule has 35 heavy (non-hydrogen) atoms. The number of halogens is 1. The molecule has 0 unspecified atom stereocenters. The molecule has 0 spiro atoms. The van der Waals surface area contributed by atoms with Crippen molar-refractivity contribution in [3.8, 4) is 22.6 Å². The van der Waals surface area contributed by atoms with Gasteiger partial charge in [-0.3, -0.25) is 0 Å². The maximum Gasteiger partial charge on any atom is 0.131 e. The van der Waals surface area contributed by atoms with E-state index in [1.54, 1.807) is 19.2 Å². The van der Waals surface area contributed by atoms with Crippen LogP contribution in [0.2, 0.25) is 0 Å². The highest BCUT2D eigenvalue weighted by Gasteiger charge is 2.31. The number of allylic oxidation sites excluding steroid dienone is 2. The van der Waals surface area contributed by atoms with Gasteiger partial charge in [0.25, 0.3) is 0 Å². The second kappa shape index (κ2) is 8.86. The van der Waals surface area contributed by atoms with Crippen molar-refractivity contribution >= 4 is 5.57 Å². The van der Waals surface area contributed by atoms with E-state index in [1.165, 1.54) is 22.8 Å². The molecule has 0 saturated carbocycles. The quantitative estimate of drug-likeness (QED) is 0.360. The van der Waals surface area contributed by atoms with Crippen LogP contribution in [-0.2, 0) is 19.4 Å². The molecule has 182 valence electrons. The summed E-state index contributed by atoms with van der Waals surface area (Å²) in [5, 5.41) is 0. The number of hydrogen-bond donors (Lipinski definition) is 0. The molecule has 0 heterocycles. The van der Waals surface area contributed by atoms with Crippen molar-refractivity contribution in [2.45, 2.75) is 60.0 Å². The zero-order chi connectivity index (χ0) is 24.8. The van der Waals surface area contributed by atoms with Crippen LogP contribution in [0.15, 0.2) is 60.7 Å². The molecule has 0 amide bonds. The molecule has 3 aromatic rings. The van der Waals surface area contributed by atoms with Gasteiger partial charge >= 0.3 is 0 Å². The predicted molar refractivity (Wildman–Crippen MR) is 141 cm³/mol. The summed E-state index contributed by atoms with van der Waals surface area (Å²) < 4.78 is 26.6. The SMILES string of the molecule is COc1ccc(F)c(-c2ccc(COc3ccc4c(c3)CC(C)(C)C4)cc2C2=CCCC2(C)C)c1. The van der Waals surface area contributed by atoms with E-state index in [0.717, 1.165) is 48.1 Å². The van der Waals surface area contributed by atoms with Crippen molar-refractivity contribution < 1.29 is 13.9 Å². The summed E-state index contributed by atoms with van der Waals surface area (Å²) in [4.78, 5) is 0. The average Bonchev–Trinajstić information content (AvgIpc) is 3.33. The summed E-state index contributed by atoms with van der Waals surface area (Å²) in [5.41, 5.74) is 8.09. The van der Waals surface area contributed by atoms with Crippen LogP contribution in [0.3, 0.4) is 0 Å². The van der Waals surface area contributed by atoms with Crippen LogP contribution in [0.25, 0.3) is 16.7 Å². The Morgan fingerprint density at radius 2 is 1.57 bits per heavy atom. The van der Waals surface area contributed by atoms with Crippen LogP contribution in [0.1, 0.15) is 62.8 Å². The Labute approximate surface area is 208 Å². The van der Waals surface area contributed by atoms with Crippen LogP contribution in [-0.4, -0.2) is 7.11 Å². The number of hydrogen-bond acceptors (Lipinski definition) is 2. The van der Waals surface area contributed by atoms with E-state index in [0.29, 0.717) is 23.3 Å². The topological polar surface area (TPSA) is 18.5 Å². The van der Waals surface area contributed by atoms with E-state index in [2.05, 4.69) is 64.1 Å². The fourth-order valence-electron chi connectivity index (χ4n) is 5.73. The minimum Gasteiger partial charge on any atom is -0.497 e. The first kappa shape index (κ1) is 23.7. The Balaban J connectivity index is 1.47. The Hall–Kier alpha value is -3.07. The summed E-state index contributed by atoms with van der Waals surface area (Å²) >= 11 is 0. The van der Waals surface area contributed by atoms with Crippen LogP contribution < -0.4 is 9.47 Å². The van der Waals surface area contributed by atoms with Crippen molar-refractivity contribution in [1.29, 1.82) is 0 Å². The van der Waals surface area contributed by atoms with Gasteiger partial charge in [0.2, 0.25) is 0 Å². The van der Waals surface area contributed by atoms with E-state index in [4.69, 9.17) is 9.47 Å². The average molecular weight is 471 g/mol. The van der Waals surface area contributed by atoms with Gasteiger partial charge in [-0.15, -0.1) is 0 Å². The molecule has 0 atom stereocenters. The largest absolute Gasteiger partial charge is 0.497 e. The van der Waals surface area contributed by atoms with E-state index < -0.39 is 0 Å². The Bertz CT molecular complexity index is 1300. The second-order valence-electron chi connectivity index (χ2n) is 11.5. The van der Waals surface area contributed by atoms with Gasteiger partial charge in [-0.1, -0.05) is 52.0 Å². The maximum absolute atomic E-state index is 15.0. The van der Waals surface area contributed by atoms with Gasteiger partial charge in [-0.2, -0.15) is 0 Å². The normalized spacial score (nSPS) is 17.7. The lowest BCUT2D eigenvalue weighted by Crippen LogP contribution is -2.10. The third kappa shape index (κ3) is 4.74. The molecule has 0 bridgehead atoms. The Morgan fingerprint density at radius 3 is 2.31 bits per heavy atom. The first-order valence-corrected chi connectivity index (χ1v) is 12.6. The van der Waals surface area contributed by atoms with Crippen LogP contribution in [0.4, 0.5) is 4.39 Å². The van der Waals surface area contributed by atoms with Gasteiger partial charge in [0.15, 0.2) is 0 Å². The van der Waals surface area contributed by atoms with Crippen molar-refractivity contribution in [3.63, 3.8) is 0 Å². The fraction of sp³-hybridized carbons (Fsp3) is 0.375. The lowest BCUT2D eigenvalue weighted by atomic mass is 9.79. The lowest BCUT2D eigenvalue weighted by Gasteiger charge is -2.25. The van der Waals surface area contributed by atoms with E-state index in [-0.39, 0.29) is 11.2 Å². The molecule has 0 radical (unpaired) electrons. The molecule has 0 N–H and O–H groups in total. The number of rotatable bonds is 6. The van der Waals surface area contributed by atoms with E-state index in [1.807, 2.05) is 6.07 Å². The molecule has 0 aromatic heterocycles. The van der Waals surface area contributed by atoms with Crippen LogP contribution >= 0.6 is 0 Å². The predicted octanol–water partition coefficient (Wildman–Crippen LogP) is 8.41. The Morgan fingerprint density at radius 1 is 0.800 bits per heavy atom. The first-order chi connectivity index (χ1) is 16.6. The fourth-order valence-corrected chi connectivity index (χ4v) is 5.73. The second-order valence-corrected chi connectivity index (χ2v) is 11.5. The van der Waals surface area contributed by atoms with Gasteiger partial charge in [-0.25, -0.2) is 4.39 Å². The molecule has 5 rings (SSSR count). The molecule has 3 heteroatoms. The number of ether oxygens (including phenoxy) is 2. The zero-order valence-electron chi connectivity index (χ0n) is 21.5. The molecule has 0 fully saturated rings. The summed E-state index contributed by atoms with van der Waals surface area (Å²) in [6.45, 7) is 9.66. The lowest BCUT2D eigenvalue weighted by molar-refractivity contribution is 0.306. The minimum atomic E-state index is -0.242. The van der Waals surface area contributed by atoms with Crippen molar-refractivity contribution in [2.24, 2.45) is 10.8 Å². The third-order valence-corrected chi connectivity index (χ3v) is 7.61. The summed E-state index contributed by atoms with van der Waals surface area (Å²) in [5.74, 6) is 1.32. The van der Waals surface area contributed by atoms with Crippen molar-refractivity contribution in [1.82, 2.24) is 0 Å². The van der Waals surface area contributed by atoms with Gasteiger partial charge in [0.1, 0.15) is 23.9 Å². The summed E-state index contributed by atoms with van der Waals surface area (Å²) in [6, 6.07) is 17.7. The summed E-state index contributed by atoms with van der Waals surface area (Å²) in [6.07, 6.45) is 6.65. The molecular formula is C32H35FO2. The van der Waals surface area contributed by atoms with Gasteiger partial charge in [0.05, 0.1) is 7.11 Å². The smallest absolute Gasteiger partial charge is 0.131 e. The standard InChI is InChI=1S/C32H35FO2/c1-31(2)18-22-9-10-25(16-23(22)19-31)35-20-21-8-12-26(28-17-24(34-5)11-13-30(28)33)27(15-21)29-7-6-14-32(29,3)4/h7-13,15-17H,6,14,18-20H2,1-5H3. The van der Waals surface area contributed by atoms with Gasteiger partial charge < -0.3 is 9.47 Å². The van der Waals surface area contributed by atoms with Crippen molar-refractivity contribution in [3.05, 3.63) is 88.7 Å². The number of fused-ring (bicyclic) bond motifs is 1. The van der Waals surface area contributed by atoms with Crippen molar-refractivity contribution in [2.75, 3.05) is 7.11 Å². The van der Waals surface area contributed by atoms with Crippen LogP contribution in [0, 0.1) is 16.6 Å². The van der Waals surface area contributed by atoms with E-state index >= 15 is 0 Å². The Kier molecular flexibility index (Phi) is 5.99. The summed E-state index contributed by atoms with van der Waals surface area (Å²) in [7, 11) is 1.61. The zero-order valence-corrected chi connectivity index (χ0v) is 21.5. The van der Waals surface area contributed by atoms with Crippen LogP contribution in [0.5, 0.6) is 11.5 Å². The molecule has 2 nitrogen and oxygen atoms in total. The highest BCUT2D eigenvalue weighted by molar-refractivity contribution is 5.85. The molecular weight excluding hydrogens is 435 g/mol. The monoisotopic (exact) mass is 470 g/mol. The third-order valence-electron chi connectivity index (χ3n) is 7.61. The van der Waals surface area contributed by atoms with Gasteiger partial charge in [0, 0.05) is 5.56 Å². The molecule has 2 aliphatic carbocycles. The number of methoxy groups -OCH3 is 1. The maximum atomic E-state index is 15.0. The molecule has 0 aliphatic heterocycles. The minimum absolute atomic E-state index is 0.0381. The van der Waals surface area contributed by atoms with Gasteiger partial charge in [-0.05, 0) is 106 Å². The molecule has 2 aliphatic rings. The molecule has 3 aromatic carbocycles. The van der Waals surface area contributed by atoms with E-state index in [9.17, 15) is 4.39 Å². The number of benzene rings is 3. The highest BCUT2D eigenvalue weighted by Crippen LogP contribution is 2.47. The molecule has 0 saturated heterocycles. The highest BCUT2D eigenvalue weighted by atomic mass is 19.1.